The lowest BCUT2D eigenvalue weighted by Gasteiger charge is -2.37. The van der Waals surface area contributed by atoms with Gasteiger partial charge in [0, 0.05) is 26.2 Å². The van der Waals surface area contributed by atoms with Crippen molar-refractivity contribution >= 4 is 10.1 Å². The third-order valence-electron chi connectivity index (χ3n) is 3.47. The summed E-state index contributed by atoms with van der Waals surface area (Å²) in [6.45, 7) is 3.53. The molecular formula is C11H25N3O4S. The molecule has 0 spiro atoms. The van der Waals surface area contributed by atoms with Gasteiger partial charge in [0.05, 0.1) is 12.4 Å². The molecule has 0 aromatic heterocycles. The fraction of sp³-hybridized carbons (Fsp3) is 1.00. The van der Waals surface area contributed by atoms with Crippen LogP contribution in [0, 0.1) is 0 Å². The van der Waals surface area contributed by atoms with Crippen molar-refractivity contribution in [1.29, 1.82) is 0 Å². The number of likely N-dealkylation sites (tertiary alicyclic amines) is 1. The molecule has 2 N–H and O–H groups in total. The molecule has 19 heavy (non-hydrogen) atoms. The summed E-state index contributed by atoms with van der Waals surface area (Å²) < 4.78 is 30.6. The number of hydrogen-bond acceptors (Lipinski definition) is 6. The van der Waals surface area contributed by atoms with Crippen molar-refractivity contribution in [3.63, 3.8) is 0 Å². The number of piperidine rings is 1. The zero-order valence-corrected chi connectivity index (χ0v) is 12.5. The van der Waals surface area contributed by atoms with E-state index in [9.17, 15) is 8.42 Å². The maximum atomic E-state index is 10.9. The zero-order valence-electron chi connectivity index (χ0n) is 11.7. The molecule has 7 nitrogen and oxygen atoms in total. The molecule has 0 amide bonds. The van der Waals surface area contributed by atoms with Crippen molar-refractivity contribution < 1.29 is 17.8 Å². The Hall–Kier alpha value is -0.250. The Balaban J connectivity index is 2.47. The highest BCUT2D eigenvalue weighted by Crippen LogP contribution is 2.15. The molecule has 1 fully saturated rings. The minimum atomic E-state index is -3.91. The molecule has 1 aliphatic rings. The van der Waals surface area contributed by atoms with E-state index in [1.807, 2.05) is 0 Å². The average molecular weight is 295 g/mol. The second kappa shape index (κ2) is 8.13. The quantitative estimate of drug-likeness (QED) is 0.352. The van der Waals surface area contributed by atoms with Gasteiger partial charge in [-0.05, 0) is 33.0 Å². The summed E-state index contributed by atoms with van der Waals surface area (Å²) in [7, 11) is -0.129. The Morgan fingerprint density at radius 1 is 1.37 bits per heavy atom. The van der Waals surface area contributed by atoms with Crippen LogP contribution in [0.25, 0.3) is 0 Å². The Bertz CT molecular complexity index is 342. The fourth-order valence-electron chi connectivity index (χ4n) is 2.33. The molecule has 1 saturated heterocycles. The van der Waals surface area contributed by atoms with E-state index >= 15 is 0 Å². The van der Waals surface area contributed by atoms with Crippen LogP contribution in [0.3, 0.4) is 0 Å². The molecule has 0 radical (unpaired) electrons. The van der Waals surface area contributed by atoms with E-state index in [4.69, 9.17) is 9.39 Å². The molecule has 0 aromatic rings. The Morgan fingerprint density at radius 2 is 2.00 bits per heavy atom. The van der Waals surface area contributed by atoms with Crippen LogP contribution in [-0.2, 0) is 15.0 Å². The molecule has 0 unspecified atom stereocenters. The van der Waals surface area contributed by atoms with Gasteiger partial charge in [0.1, 0.15) is 0 Å². The van der Waals surface area contributed by atoms with Crippen molar-refractivity contribution in [2.24, 2.45) is 0 Å². The van der Waals surface area contributed by atoms with Gasteiger partial charge in [0.25, 0.3) is 10.1 Å². The van der Waals surface area contributed by atoms with Crippen LogP contribution in [0.1, 0.15) is 12.8 Å². The van der Waals surface area contributed by atoms with Crippen molar-refractivity contribution in [2.75, 3.05) is 52.6 Å². The number of nitrogens with one attached hydrogen (secondary N) is 1. The lowest BCUT2D eigenvalue weighted by atomic mass is 10.0. The summed E-state index contributed by atoms with van der Waals surface area (Å²) in [6, 6.07) is 0.360. The monoisotopic (exact) mass is 295 g/mol. The van der Waals surface area contributed by atoms with Crippen LogP contribution in [0.4, 0.5) is 0 Å². The first-order valence-corrected chi connectivity index (χ1v) is 8.19. The van der Waals surface area contributed by atoms with Crippen LogP contribution < -0.4 is 5.48 Å². The summed E-state index contributed by atoms with van der Waals surface area (Å²) >= 11 is 0. The molecule has 0 aliphatic carbocycles. The molecule has 1 aliphatic heterocycles. The Morgan fingerprint density at radius 3 is 2.53 bits per heavy atom. The molecule has 1 rings (SSSR count). The summed E-state index contributed by atoms with van der Waals surface area (Å²) in [6.07, 6.45) is 2.03. The number of hydroxylamine groups is 1. The predicted octanol–water partition coefficient (Wildman–Crippen LogP) is -0.579. The van der Waals surface area contributed by atoms with Crippen molar-refractivity contribution in [2.45, 2.75) is 18.9 Å². The molecule has 0 atom stereocenters. The zero-order chi connectivity index (χ0) is 14.3. The van der Waals surface area contributed by atoms with E-state index in [0.717, 1.165) is 25.9 Å². The number of nitrogens with zero attached hydrogens (tertiary/aromatic N) is 2. The van der Waals surface area contributed by atoms with Crippen LogP contribution in [0.2, 0.25) is 0 Å². The Labute approximate surface area is 115 Å². The van der Waals surface area contributed by atoms with Gasteiger partial charge in [-0.2, -0.15) is 8.42 Å². The van der Waals surface area contributed by atoms with E-state index in [0.29, 0.717) is 25.7 Å². The van der Waals surface area contributed by atoms with Crippen LogP contribution in [0.15, 0.2) is 0 Å². The van der Waals surface area contributed by atoms with Crippen molar-refractivity contribution in [3.8, 4) is 0 Å². The molecule has 0 bridgehead atoms. The van der Waals surface area contributed by atoms with E-state index in [2.05, 4.69) is 22.3 Å². The average Bonchev–Trinajstić information content (AvgIpc) is 2.34. The number of hydrogen-bond donors (Lipinski definition) is 2. The molecular weight excluding hydrogens is 270 g/mol. The van der Waals surface area contributed by atoms with Gasteiger partial charge in [0.15, 0.2) is 0 Å². The molecule has 1 heterocycles. The third kappa shape index (κ3) is 7.19. The summed E-state index contributed by atoms with van der Waals surface area (Å²) in [5.74, 6) is -0.223. The lowest BCUT2D eigenvalue weighted by Crippen LogP contribution is -2.46. The third-order valence-corrected chi connectivity index (χ3v) is 4.16. The van der Waals surface area contributed by atoms with Gasteiger partial charge >= 0.3 is 0 Å². The topological polar surface area (TPSA) is 82.1 Å². The second-order valence-corrected chi connectivity index (χ2v) is 6.48. The smallest absolute Gasteiger partial charge is 0.266 e. The fourth-order valence-corrected chi connectivity index (χ4v) is 2.80. The van der Waals surface area contributed by atoms with E-state index in [-0.39, 0.29) is 5.75 Å². The Kier molecular flexibility index (Phi) is 7.19. The summed E-state index contributed by atoms with van der Waals surface area (Å²) in [5.41, 5.74) is 2.60. The van der Waals surface area contributed by atoms with Crippen molar-refractivity contribution in [3.05, 3.63) is 0 Å². The second-order valence-electron chi connectivity index (χ2n) is 4.91. The molecule has 8 heteroatoms. The predicted molar refractivity (Wildman–Crippen MR) is 73.5 cm³/mol. The van der Waals surface area contributed by atoms with E-state index in [1.54, 1.807) is 7.05 Å². The lowest BCUT2D eigenvalue weighted by molar-refractivity contribution is 0.0255. The maximum Gasteiger partial charge on any atom is 0.266 e. The first-order chi connectivity index (χ1) is 8.92. The van der Waals surface area contributed by atoms with Gasteiger partial charge in [-0.15, -0.1) is 0 Å². The summed E-state index contributed by atoms with van der Waals surface area (Å²) in [5, 5.41) is 0. The highest BCUT2D eigenvalue weighted by Gasteiger charge is 2.23. The SMILES string of the molecule is CNOCCN(CCS(=O)(=O)O)C1CCN(C)CC1. The maximum absolute atomic E-state index is 10.9. The van der Waals surface area contributed by atoms with Gasteiger partial charge in [-0.25, -0.2) is 5.48 Å². The first kappa shape index (κ1) is 16.8. The van der Waals surface area contributed by atoms with Crippen LogP contribution in [0.5, 0.6) is 0 Å². The molecule has 0 saturated carbocycles. The van der Waals surface area contributed by atoms with Gasteiger partial charge in [-0.3, -0.25) is 9.45 Å². The normalized spacial score (nSPS) is 19.2. The minimum absolute atomic E-state index is 0.223. The van der Waals surface area contributed by atoms with Crippen LogP contribution in [-0.4, -0.2) is 81.4 Å². The largest absolute Gasteiger partial charge is 0.306 e. The highest BCUT2D eigenvalue weighted by atomic mass is 32.2. The number of rotatable bonds is 8. The van der Waals surface area contributed by atoms with Gasteiger partial charge in [0.2, 0.25) is 0 Å². The van der Waals surface area contributed by atoms with E-state index in [1.165, 1.54) is 0 Å². The van der Waals surface area contributed by atoms with Gasteiger partial charge < -0.3 is 9.74 Å². The van der Waals surface area contributed by atoms with E-state index < -0.39 is 10.1 Å². The molecule has 0 aromatic carbocycles. The van der Waals surface area contributed by atoms with Gasteiger partial charge in [-0.1, -0.05) is 0 Å². The first-order valence-electron chi connectivity index (χ1n) is 6.58. The summed E-state index contributed by atoms with van der Waals surface area (Å²) in [4.78, 5) is 9.45. The van der Waals surface area contributed by atoms with Crippen LogP contribution >= 0.6 is 0 Å². The highest BCUT2D eigenvalue weighted by molar-refractivity contribution is 7.85. The minimum Gasteiger partial charge on any atom is -0.306 e. The molecule has 114 valence electrons. The van der Waals surface area contributed by atoms with Crippen molar-refractivity contribution in [1.82, 2.24) is 15.3 Å². The standard InChI is InChI=1S/C11H25N3O4S/c1-12-18-9-7-14(8-10-19(15,16)17)11-3-5-13(2)6-4-11/h11-12H,3-10H2,1-2H3,(H,15,16,17).